The van der Waals surface area contributed by atoms with Gasteiger partial charge in [-0.15, -0.1) is 17.5 Å². The molecule has 0 aliphatic carbocycles. The third-order valence-corrected chi connectivity index (χ3v) is 1.59. The first kappa shape index (κ1) is 10.4. The van der Waals surface area contributed by atoms with Crippen molar-refractivity contribution in [3.8, 4) is 5.69 Å². The van der Waals surface area contributed by atoms with Gasteiger partial charge in [0.1, 0.15) is 12.1 Å². The molecule has 0 saturated heterocycles. The molecule has 1 aromatic carbocycles. The van der Waals surface area contributed by atoms with E-state index in [0.717, 1.165) is 0 Å². The van der Waals surface area contributed by atoms with Crippen LogP contribution in [-0.2, 0) is 0 Å². The van der Waals surface area contributed by atoms with Gasteiger partial charge in [-0.25, -0.2) is 9.07 Å². The van der Waals surface area contributed by atoms with Gasteiger partial charge in [0.05, 0.1) is 11.4 Å². The summed E-state index contributed by atoms with van der Waals surface area (Å²) in [5.41, 5.74) is 6.08. The highest BCUT2D eigenvalue weighted by molar-refractivity contribution is 5.85. The molecule has 74 valence electrons. The Morgan fingerprint density at radius 2 is 2.14 bits per heavy atom. The van der Waals surface area contributed by atoms with E-state index < -0.39 is 5.82 Å². The largest absolute Gasteiger partial charge is 0.396 e. The molecule has 0 aliphatic heterocycles. The normalized spacial score (nSPS) is 9.50. The molecule has 0 unspecified atom stereocenters. The summed E-state index contributed by atoms with van der Waals surface area (Å²) >= 11 is 0. The van der Waals surface area contributed by atoms with Crippen molar-refractivity contribution in [3.05, 3.63) is 30.3 Å². The lowest BCUT2D eigenvalue weighted by molar-refractivity contribution is 0.631. The smallest absolute Gasteiger partial charge is 0.146 e. The van der Waals surface area contributed by atoms with Crippen LogP contribution in [0.25, 0.3) is 5.69 Å². The summed E-state index contributed by atoms with van der Waals surface area (Å²) in [6.45, 7) is 0. The van der Waals surface area contributed by atoms with Gasteiger partial charge in [0, 0.05) is 0 Å². The number of nitrogen functional groups attached to an aromatic ring is 1. The molecule has 2 rings (SSSR count). The number of nitrogens with two attached hydrogens (primary N) is 1. The molecule has 0 fully saturated rings. The van der Waals surface area contributed by atoms with Crippen LogP contribution in [-0.4, -0.2) is 20.2 Å². The summed E-state index contributed by atoms with van der Waals surface area (Å²) in [7, 11) is 0. The summed E-state index contributed by atoms with van der Waals surface area (Å²) in [5.74, 6) is -0.447. The van der Waals surface area contributed by atoms with Crippen LogP contribution in [0.3, 0.4) is 0 Å². The Bertz CT molecular complexity index is 416. The molecule has 1 aromatic heterocycles. The van der Waals surface area contributed by atoms with Gasteiger partial charge in [-0.3, -0.25) is 0 Å². The van der Waals surface area contributed by atoms with Gasteiger partial charge in [0.15, 0.2) is 0 Å². The van der Waals surface area contributed by atoms with E-state index in [-0.39, 0.29) is 18.1 Å². The zero-order valence-electron chi connectivity index (χ0n) is 6.96. The van der Waals surface area contributed by atoms with Crippen LogP contribution in [0.1, 0.15) is 0 Å². The minimum absolute atomic E-state index is 0. The van der Waals surface area contributed by atoms with Gasteiger partial charge in [-0.1, -0.05) is 0 Å². The summed E-state index contributed by atoms with van der Waals surface area (Å²) in [6, 6.07) is 4.28. The molecule has 0 spiro atoms. The summed E-state index contributed by atoms with van der Waals surface area (Å²) < 4.78 is 14.2. The van der Waals surface area contributed by atoms with Crippen LogP contribution < -0.4 is 5.73 Å². The zero-order valence-corrected chi connectivity index (χ0v) is 7.78. The first-order chi connectivity index (χ1) is 6.27. The van der Waals surface area contributed by atoms with E-state index in [1.54, 1.807) is 6.07 Å². The van der Waals surface area contributed by atoms with Crippen LogP contribution in [0.15, 0.2) is 24.5 Å². The second kappa shape index (κ2) is 4.01. The van der Waals surface area contributed by atoms with E-state index in [1.165, 1.54) is 23.1 Å². The molecule has 2 N–H and O–H groups in total. The van der Waals surface area contributed by atoms with Gasteiger partial charge in [-0.05, 0) is 28.6 Å². The lowest BCUT2D eigenvalue weighted by Gasteiger charge is -2.00. The highest BCUT2D eigenvalue weighted by Crippen LogP contribution is 2.14. The predicted octanol–water partition coefficient (Wildman–Crippen LogP) is 0.805. The van der Waals surface area contributed by atoms with Gasteiger partial charge < -0.3 is 5.73 Å². The zero-order chi connectivity index (χ0) is 9.26. The number of nitrogens with zero attached hydrogens (tertiary/aromatic N) is 4. The average molecular weight is 216 g/mol. The van der Waals surface area contributed by atoms with Crippen LogP contribution >= 0.6 is 12.4 Å². The molecule has 2 aromatic rings. The van der Waals surface area contributed by atoms with Crippen LogP contribution in [0.5, 0.6) is 0 Å². The van der Waals surface area contributed by atoms with Crippen molar-refractivity contribution in [2.24, 2.45) is 0 Å². The van der Waals surface area contributed by atoms with Gasteiger partial charge in [0.2, 0.25) is 0 Å². The van der Waals surface area contributed by atoms with Crippen molar-refractivity contribution in [2.45, 2.75) is 0 Å². The highest BCUT2D eigenvalue weighted by atomic mass is 35.5. The predicted molar refractivity (Wildman–Crippen MR) is 50.8 cm³/mol. The summed E-state index contributed by atoms with van der Waals surface area (Å²) in [5, 5.41) is 10.5. The van der Waals surface area contributed by atoms with E-state index in [2.05, 4.69) is 15.5 Å². The fourth-order valence-corrected chi connectivity index (χ4v) is 0.953. The lowest BCUT2D eigenvalue weighted by atomic mass is 10.3. The molecule has 0 amide bonds. The average Bonchev–Trinajstić information content (AvgIpc) is 2.62. The van der Waals surface area contributed by atoms with E-state index in [9.17, 15) is 4.39 Å². The van der Waals surface area contributed by atoms with Crippen LogP contribution in [0, 0.1) is 5.82 Å². The number of tetrazole rings is 1. The summed E-state index contributed by atoms with van der Waals surface area (Å²) in [4.78, 5) is 0. The van der Waals surface area contributed by atoms with Crippen molar-refractivity contribution in [1.29, 1.82) is 0 Å². The van der Waals surface area contributed by atoms with Gasteiger partial charge in [0.25, 0.3) is 0 Å². The Kier molecular flexibility index (Phi) is 2.98. The monoisotopic (exact) mass is 215 g/mol. The number of anilines is 1. The number of hydrogen-bond donors (Lipinski definition) is 1. The molecule has 7 heteroatoms. The molecule has 14 heavy (non-hydrogen) atoms. The Labute approximate surface area is 85.1 Å². The minimum Gasteiger partial charge on any atom is -0.396 e. The summed E-state index contributed by atoms with van der Waals surface area (Å²) in [6.07, 6.45) is 1.41. The van der Waals surface area contributed by atoms with Crippen LogP contribution in [0.2, 0.25) is 0 Å². The van der Waals surface area contributed by atoms with E-state index >= 15 is 0 Å². The molecule has 1 heterocycles. The van der Waals surface area contributed by atoms with Crippen molar-refractivity contribution in [2.75, 3.05) is 5.73 Å². The number of hydrogen-bond acceptors (Lipinski definition) is 4. The highest BCUT2D eigenvalue weighted by Gasteiger charge is 2.01. The fourth-order valence-electron chi connectivity index (χ4n) is 0.953. The van der Waals surface area contributed by atoms with Crippen molar-refractivity contribution < 1.29 is 4.39 Å². The van der Waals surface area contributed by atoms with E-state index in [4.69, 9.17) is 5.73 Å². The maximum absolute atomic E-state index is 12.8. The number of halogens is 2. The molecular formula is C7H7ClFN5. The SMILES string of the molecule is Cl.Nc1cc(-n2cnnn2)ccc1F. The quantitative estimate of drug-likeness (QED) is 0.715. The molecule has 0 saturated carbocycles. The molecule has 0 radical (unpaired) electrons. The molecule has 0 atom stereocenters. The second-order valence-corrected chi connectivity index (χ2v) is 2.46. The number of aromatic nitrogens is 4. The van der Waals surface area contributed by atoms with E-state index in [1.807, 2.05) is 0 Å². The Morgan fingerprint density at radius 1 is 1.36 bits per heavy atom. The number of rotatable bonds is 1. The molecular weight excluding hydrogens is 209 g/mol. The fraction of sp³-hybridized carbons (Fsp3) is 0. The third-order valence-electron chi connectivity index (χ3n) is 1.59. The van der Waals surface area contributed by atoms with Crippen molar-refractivity contribution in [1.82, 2.24) is 20.2 Å². The molecule has 0 aliphatic rings. The van der Waals surface area contributed by atoms with Gasteiger partial charge >= 0.3 is 0 Å². The maximum Gasteiger partial charge on any atom is 0.146 e. The van der Waals surface area contributed by atoms with Gasteiger partial charge in [-0.2, -0.15) is 0 Å². The Hall–Kier alpha value is -1.69. The minimum atomic E-state index is -0.447. The maximum atomic E-state index is 12.8. The Balaban J connectivity index is 0.000000980. The third kappa shape index (κ3) is 1.80. The van der Waals surface area contributed by atoms with E-state index in [0.29, 0.717) is 5.69 Å². The van der Waals surface area contributed by atoms with Crippen molar-refractivity contribution in [3.63, 3.8) is 0 Å². The molecule has 5 nitrogen and oxygen atoms in total. The van der Waals surface area contributed by atoms with Crippen LogP contribution in [0.4, 0.5) is 10.1 Å². The lowest BCUT2D eigenvalue weighted by Crippen LogP contribution is -1.98. The second-order valence-electron chi connectivity index (χ2n) is 2.46. The van der Waals surface area contributed by atoms with Crippen molar-refractivity contribution >= 4 is 18.1 Å². The first-order valence-electron chi connectivity index (χ1n) is 3.56. The standard InChI is InChI=1S/C7H6FN5.ClH/c8-6-2-1-5(3-7(6)9)13-4-10-11-12-13;/h1-4H,9H2;1H. The Morgan fingerprint density at radius 3 is 2.71 bits per heavy atom. The topological polar surface area (TPSA) is 69.6 Å². The number of benzene rings is 1. The molecule has 0 bridgehead atoms. The first-order valence-corrected chi connectivity index (χ1v) is 3.56.